The molecule has 0 bridgehead atoms. The number of ether oxygens (including phenoxy) is 1. The third kappa shape index (κ3) is 3.84. The number of aldehydes is 1. The van der Waals surface area contributed by atoms with Crippen LogP contribution in [0.1, 0.15) is 33.2 Å². The molecule has 1 aromatic carbocycles. The van der Waals surface area contributed by atoms with Crippen LogP contribution in [0.4, 0.5) is 4.39 Å². The van der Waals surface area contributed by atoms with Gasteiger partial charge in [-0.25, -0.2) is 9.37 Å². The minimum absolute atomic E-state index is 0.00565. The minimum Gasteiger partial charge on any atom is -0.435 e. The van der Waals surface area contributed by atoms with Gasteiger partial charge >= 0.3 is 0 Å². The quantitative estimate of drug-likeness (QED) is 0.736. The molecule has 0 fully saturated rings. The largest absolute Gasteiger partial charge is 0.435 e. The summed E-state index contributed by atoms with van der Waals surface area (Å²) in [4.78, 5) is 27.0. The van der Waals surface area contributed by atoms with Gasteiger partial charge in [0, 0.05) is 11.8 Å². The fourth-order valence-electron chi connectivity index (χ4n) is 1.89. The van der Waals surface area contributed by atoms with Gasteiger partial charge in [-0.15, -0.1) is 0 Å². The van der Waals surface area contributed by atoms with Gasteiger partial charge in [0.2, 0.25) is 11.0 Å². The first kappa shape index (κ1) is 16.9. The molecule has 23 heavy (non-hydrogen) atoms. The maximum Gasteiger partial charge on any atom is 0.231 e. The van der Waals surface area contributed by atoms with Gasteiger partial charge in [0.25, 0.3) is 0 Å². The van der Waals surface area contributed by atoms with Crippen LogP contribution in [0.2, 0.25) is 0 Å². The van der Waals surface area contributed by atoms with E-state index in [1.165, 1.54) is 24.4 Å². The van der Waals surface area contributed by atoms with Gasteiger partial charge in [-0.05, 0) is 35.6 Å². The summed E-state index contributed by atoms with van der Waals surface area (Å²) < 4.78 is 19.4. The van der Waals surface area contributed by atoms with Crippen LogP contribution in [0.3, 0.4) is 0 Å². The van der Waals surface area contributed by atoms with E-state index in [9.17, 15) is 14.0 Å². The second-order valence-electron chi connectivity index (χ2n) is 4.41. The Hall–Kier alpha value is -2.47. The zero-order valence-corrected chi connectivity index (χ0v) is 13.2. The molecular weight excluding hydrogens is 317 g/mol. The first-order valence-electron chi connectivity index (χ1n) is 6.81. The summed E-state index contributed by atoms with van der Waals surface area (Å²) >= 11 is 1.10. The van der Waals surface area contributed by atoms with Crippen molar-refractivity contribution in [1.82, 2.24) is 4.98 Å². The second kappa shape index (κ2) is 7.69. The summed E-state index contributed by atoms with van der Waals surface area (Å²) in [6.07, 6.45) is 3.51. The molecule has 0 aliphatic carbocycles. The Morgan fingerprint density at radius 3 is 2.83 bits per heavy atom. The van der Waals surface area contributed by atoms with E-state index in [4.69, 9.17) is 4.74 Å². The van der Waals surface area contributed by atoms with Crippen LogP contribution >= 0.6 is 11.8 Å². The number of carbonyl (C=O) groups is 2. The molecule has 0 aliphatic heterocycles. The zero-order chi connectivity index (χ0) is 16.8. The van der Waals surface area contributed by atoms with E-state index in [1.807, 2.05) is 6.92 Å². The Morgan fingerprint density at radius 1 is 1.43 bits per heavy atom. The Morgan fingerprint density at radius 2 is 2.22 bits per heavy atom. The van der Waals surface area contributed by atoms with E-state index in [1.54, 1.807) is 6.07 Å². The van der Waals surface area contributed by atoms with Gasteiger partial charge in [0.1, 0.15) is 6.29 Å². The fourth-order valence-corrected chi connectivity index (χ4v) is 2.50. The number of hydrogen-bond donors (Lipinski definition) is 0. The predicted molar refractivity (Wildman–Crippen MR) is 88.7 cm³/mol. The van der Waals surface area contributed by atoms with Crippen molar-refractivity contribution in [1.29, 1.82) is 0 Å². The lowest BCUT2D eigenvalue weighted by Gasteiger charge is -2.12. The standard InChI is InChI=1S/C17H14FNO3S/c1-3-12-7-8-19-16(15(12)17(21)23-4-2)22-14-6-5-11(10-20)9-13(14)18/h3,5-10H,1,4H2,2H3. The molecule has 2 rings (SSSR count). The normalized spacial score (nSPS) is 10.2. The van der Waals surface area contributed by atoms with Crippen molar-refractivity contribution in [2.24, 2.45) is 0 Å². The van der Waals surface area contributed by atoms with Crippen LogP contribution in [0, 0.1) is 5.82 Å². The average molecular weight is 331 g/mol. The van der Waals surface area contributed by atoms with Crippen molar-refractivity contribution < 1.29 is 18.7 Å². The molecule has 1 heterocycles. The lowest BCUT2D eigenvalue weighted by molar-refractivity contribution is 0.108. The highest BCUT2D eigenvalue weighted by Gasteiger charge is 2.19. The number of nitrogens with zero attached hydrogens (tertiary/aromatic N) is 1. The lowest BCUT2D eigenvalue weighted by Crippen LogP contribution is -2.04. The predicted octanol–water partition coefficient (Wildman–Crippen LogP) is 4.36. The Labute approximate surface area is 137 Å². The van der Waals surface area contributed by atoms with Crippen LogP contribution in [0.25, 0.3) is 6.08 Å². The first-order chi connectivity index (χ1) is 11.1. The van der Waals surface area contributed by atoms with E-state index in [0.29, 0.717) is 17.6 Å². The Balaban J connectivity index is 2.45. The van der Waals surface area contributed by atoms with E-state index in [0.717, 1.165) is 17.8 Å². The summed E-state index contributed by atoms with van der Waals surface area (Å²) in [5, 5.41) is -0.226. The molecule has 1 aromatic heterocycles. The summed E-state index contributed by atoms with van der Waals surface area (Å²) in [7, 11) is 0. The molecule has 0 N–H and O–H groups in total. The van der Waals surface area contributed by atoms with Gasteiger partial charge in [-0.1, -0.05) is 31.3 Å². The van der Waals surface area contributed by atoms with Crippen molar-refractivity contribution in [3.05, 3.63) is 59.5 Å². The number of rotatable bonds is 6. The van der Waals surface area contributed by atoms with Gasteiger partial charge in [0.15, 0.2) is 11.6 Å². The SMILES string of the molecule is C=Cc1ccnc(Oc2ccc(C=O)cc2F)c1C(=O)SCC. The van der Waals surface area contributed by atoms with E-state index in [2.05, 4.69) is 11.6 Å². The molecule has 6 heteroatoms. The fraction of sp³-hybridized carbons (Fsp3) is 0.118. The number of halogens is 1. The monoisotopic (exact) mass is 331 g/mol. The molecule has 2 aromatic rings. The molecule has 118 valence electrons. The molecule has 0 saturated heterocycles. The highest BCUT2D eigenvalue weighted by Crippen LogP contribution is 2.30. The summed E-state index contributed by atoms with van der Waals surface area (Å²) in [5.74, 6) is -0.223. The number of hydrogen-bond acceptors (Lipinski definition) is 5. The summed E-state index contributed by atoms with van der Waals surface area (Å²) in [5.41, 5.74) is 1.000. The molecule has 0 unspecified atom stereocenters. The van der Waals surface area contributed by atoms with Gasteiger partial charge in [0.05, 0.1) is 5.56 Å². The first-order valence-corrected chi connectivity index (χ1v) is 7.80. The Bertz CT molecular complexity index is 761. The van der Waals surface area contributed by atoms with E-state index < -0.39 is 5.82 Å². The van der Waals surface area contributed by atoms with Gasteiger partial charge in [-0.2, -0.15) is 0 Å². The zero-order valence-electron chi connectivity index (χ0n) is 12.4. The van der Waals surface area contributed by atoms with Crippen molar-refractivity contribution in [3.63, 3.8) is 0 Å². The number of aromatic nitrogens is 1. The van der Waals surface area contributed by atoms with Crippen LogP contribution in [-0.4, -0.2) is 22.1 Å². The van der Waals surface area contributed by atoms with Crippen molar-refractivity contribution in [2.75, 3.05) is 5.75 Å². The Kier molecular flexibility index (Phi) is 5.65. The van der Waals surface area contributed by atoms with Gasteiger partial charge in [-0.3, -0.25) is 9.59 Å². The molecule has 0 aliphatic rings. The highest BCUT2D eigenvalue weighted by atomic mass is 32.2. The van der Waals surface area contributed by atoms with Crippen LogP contribution in [0.15, 0.2) is 37.0 Å². The molecular formula is C17H14FNO3S. The molecule has 0 atom stereocenters. The van der Waals surface area contributed by atoms with Crippen LogP contribution < -0.4 is 4.74 Å². The van der Waals surface area contributed by atoms with E-state index in [-0.39, 0.29) is 27.9 Å². The molecule has 0 spiro atoms. The molecule has 0 saturated carbocycles. The van der Waals surface area contributed by atoms with E-state index >= 15 is 0 Å². The van der Waals surface area contributed by atoms with Crippen molar-refractivity contribution >= 4 is 29.2 Å². The maximum atomic E-state index is 14.0. The molecule has 4 nitrogen and oxygen atoms in total. The highest BCUT2D eigenvalue weighted by molar-refractivity contribution is 8.14. The molecule has 0 amide bonds. The maximum absolute atomic E-state index is 14.0. The smallest absolute Gasteiger partial charge is 0.231 e. The lowest BCUT2D eigenvalue weighted by atomic mass is 10.1. The number of carbonyl (C=O) groups excluding carboxylic acids is 2. The number of pyridine rings is 1. The van der Waals surface area contributed by atoms with Crippen LogP contribution in [0.5, 0.6) is 11.6 Å². The summed E-state index contributed by atoms with van der Waals surface area (Å²) in [6, 6.07) is 5.44. The van der Waals surface area contributed by atoms with Crippen LogP contribution in [-0.2, 0) is 0 Å². The topological polar surface area (TPSA) is 56.3 Å². The number of benzene rings is 1. The second-order valence-corrected chi connectivity index (χ2v) is 5.65. The molecule has 0 radical (unpaired) electrons. The van der Waals surface area contributed by atoms with Crippen molar-refractivity contribution in [3.8, 4) is 11.6 Å². The van der Waals surface area contributed by atoms with Gasteiger partial charge < -0.3 is 4.74 Å². The average Bonchev–Trinajstić information content (AvgIpc) is 2.56. The van der Waals surface area contributed by atoms with Crippen molar-refractivity contribution in [2.45, 2.75) is 6.92 Å². The number of thioether (sulfide) groups is 1. The third-order valence-electron chi connectivity index (χ3n) is 2.95. The summed E-state index contributed by atoms with van der Waals surface area (Å²) in [6.45, 7) is 5.52. The minimum atomic E-state index is -0.707. The third-order valence-corrected chi connectivity index (χ3v) is 3.70.